The number of ether oxygens (including phenoxy) is 4. The predicted molar refractivity (Wildman–Crippen MR) is 167 cm³/mol. The number of hydrogen-bond donors (Lipinski definition) is 2. The van der Waals surface area contributed by atoms with E-state index in [4.69, 9.17) is 18.9 Å². The molecule has 1 aromatic heterocycles. The highest BCUT2D eigenvalue weighted by Gasteiger charge is 2.29. The maximum absolute atomic E-state index is 13.3. The lowest BCUT2D eigenvalue weighted by molar-refractivity contribution is 0.00588. The molecule has 0 unspecified atom stereocenters. The van der Waals surface area contributed by atoms with E-state index in [0.717, 1.165) is 17.6 Å². The number of aromatic nitrogens is 1. The molecule has 4 aromatic rings. The minimum absolute atomic E-state index is 0.154. The Morgan fingerprint density at radius 1 is 1.00 bits per heavy atom. The molecule has 0 radical (unpaired) electrons. The smallest absolute Gasteiger partial charge is 0.257 e. The van der Waals surface area contributed by atoms with E-state index in [-0.39, 0.29) is 27.6 Å². The number of β-amino-alcohol motifs (C(OH)–C–C–N with tert-alkyl or cyclic N) is 1. The number of aliphatic hydroxyl groups is 1. The van der Waals surface area contributed by atoms with Gasteiger partial charge in [0, 0.05) is 43.6 Å². The monoisotopic (exact) mass is 653 g/mol. The molecule has 12 nitrogen and oxygen atoms in total. The largest absolute Gasteiger partial charge is 0.488 e. The number of anilines is 1. The van der Waals surface area contributed by atoms with Crippen molar-refractivity contribution < 1.29 is 42.1 Å². The van der Waals surface area contributed by atoms with Crippen molar-refractivity contribution in [2.75, 3.05) is 38.4 Å². The number of nitrogens with zero attached hydrogens (tertiary/aromatic N) is 2. The molecule has 236 valence electrons. The summed E-state index contributed by atoms with van der Waals surface area (Å²) >= 11 is 1.10. The highest BCUT2D eigenvalue weighted by atomic mass is 32.2. The lowest BCUT2D eigenvalue weighted by atomic mass is 10.1. The summed E-state index contributed by atoms with van der Waals surface area (Å²) in [5.41, 5.74) is 0.656. The van der Waals surface area contributed by atoms with E-state index >= 15 is 0 Å². The maximum atomic E-state index is 13.3. The van der Waals surface area contributed by atoms with Crippen molar-refractivity contribution in [2.24, 2.45) is 0 Å². The molecule has 1 saturated heterocycles. The molecule has 1 atom stereocenters. The Morgan fingerprint density at radius 2 is 1.71 bits per heavy atom. The second kappa shape index (κ2) is 13.6. The number of rotatable bonds is 12. The van der Waals surface area contributed by atoms with Gasteiger partial charge in [-0.3, -0.25) is 14.9 Å². The van der Waals surface area contributed by atoms with Gasteiger partial charge in [0.25, 0.3) is 11.8 Å². The maximum Gasteiger partial charge on any atom is 0.257 e. The van der Waals surface area contributed by atoms with Gasteiger partial charge < -0.3 is 29.0 Å². The minimum atomic E-state index is -3.37. The van der Waals surface area contributed by atoms with Crippen LogP contribution >= 0.6 is 11.3 Å². The molecule has 0 aliphatic carbocycles. The number of hydrogen-bond acceptors (Lipinski definition) is 11. The number of sulfone groups is 1. The molecule has 5 rings (SSSR count). The van der Waals surface area contributed by atoms with Gasteiger partial charge in [0.15, 0.2) is 15.0 Å². The first kappa shape index (κ1) is 31.9. The van der Waals surface area contributed by atoms with E-state index in [1.807, 2.05) is 6.92 Å². The number of amides is 2. The van der Waals surface area contributed by atoms with Crippen LogP contribution in [0.15, 0.2) is 77.8 Å². The molecule has 2 heterocycles. The van der Waals surface area contributed by atoms with Crippen molar-refractivity contribution in [2.45, 2.75) is 24.0 Å². The fourth-order valence-electron chi connectivity index (χ4n) is 4.37. The Morgan fingerprint density at radius 3 is 2.40 bits per heavy atom. The van der Waals surface area contributed by atoms with Gasteiger partial charge >= 0.3 is 0 Å². The molecular formula is C31H31N3O9S2. The standard InChI is InChI=1S/C31H31N3O9S2/c1-19(18-40-2)41-25-12-21(13-26(14-25)42-23-7-9-27(10-8-23)45(3,38)39)29(36)33-31-32-15-28(44-31)43-24-6-4-5-20(11-24)30(37)34-16-22(35)17-34/h4-15,19,22,35H,16-18H2,1-3H3,(H,32,33,36)/t19-/m0/s1. The molecule has 1 aliphatic heterocycles. The topological polar surface area (TPSA) is 154 Å². The van der Waals surface area contributed by atoms with Crippen LogP contribution in [0.2, 0.25) is 0 Å². The zero-order valence-corrected chi connectivity index (χ0v) is 26.3. The van der Waals surface area contributed by atoms with Gasteiger partial charge in [0.2, 0.25) is 5.06 Å². The number of carbonyl (C=O) groups excluding carboxylic acids is 2. The number of nitrogens with one attached hydrogen (secondary N) is 1. The fraction of sp³-hybridized carbons (Fsp3) is 0.258. The third kappa shape index (κ3) is 8.36. The zero-order valence-electron chi connectivity index (χ0n) is 24.6. The van der Waals surface area contributed by atoms with Gasteiger partial charge in [-0.2, -0.15) is 0 Å². The van der Waals surface area contributed by atoms with Gasteiger partial charge in [0.1, 0.15) is 29.1 Å². The Bertz CT molecular complexity index is 1790. The molecule has 14 heteroatoms. The Labute approximate surface area is 264 Å². The van der Waals surface area contributed by atoms with Crippen LogP contribution in [-0.4, -0.2) is 80.5 Å². The van der Waals surface area contributed by atoms with Crippen LogP contribution in [0.25, 0.3) is 0 Å². The Kier molecular flexibility index (Phi) is 9.68. The summed E-state index contributed by atoms with van der Waals surface area (Å²) in [7, 11) is -1.81. The third-order valence-corrected chi connectivity index (χ3v) is 8.44. The second-order valence-electron chi connectivity index (χ2n) is 10.4. The van der Waals surface area contributed by atoms with Gasteiger partial charge in [-0.1, -0.05) is 17.4 Å². The molecule has 2 N–H and O–H groups in total. The van der Waals surface area contributed by atoms with E-state index < -0.39 is 21.8 Å². The van der Waals surface area contributed by atoms with Gasteiger partial charge in [-0.15, -0.1) is 0 Å². The van der Waals surface area contributed by atoms with Crippen molar-refractivity contribution in [3.05, 3.63) is 84.1 Å². The first-order valence-electron chi connectivity index (χ1n) is 13.8. The summed E-state index contributed by atoms with van der Waals surface area (Å²) in [5.74, 6) is 0.762. The summed E-state index contributed by atoms with van der Waals surface area (Å²) in [6, 6.07) is 17.3. The van der Waals surface area contributed by atoms with Crippen LogP contribution in [0.1, 0.15) is 27.6 Å². The van der Waals surface area contributed by atoms with E-state index in [2.05, 4.69) is 10.3 Å². The summed E-state index contributed by atoms with van der Waals surface area (Å²) in [6.45, 7) is 2.74. The van der Waals surface area contributed by atoms with Crippen molar-refractivity contribution in [3.63, 3.8) is 0 Å². The third-order valence-electron chi connectivity index (χ3n) is 6.52. The van der Waals surface area contributed by atoms with Crippen LogP contribution in [0, 0.1) is 0 Å². The Balaban J connectivity index is 1.29. The summed E-state index contributed by atoms with van der Waals surface area (Å²) < 4.78 is 46.5. The van der Waals surface area contributed by atoms with E-state index in [1.54, 1.807) is 48.4 Å². The molecule has 1 aliphatic rings. The van der Waals surface area contributed by atoms with Crippen LogP contribution in [0.4, 0.5) is 5.13 Å². The quantitative estimate of drug-likeness (QED) is 0.222. The lowest BCUT2D eigenvalue weighted by Gasteiger charge is -2.35. The van der Waals surface area contributed by atoms with Crippen LogP contribution in [-0.2, 0) is 14.6 Å². The predicted octanol–water partition coefficient (Wildman–Crippen LogP) is 4.61. The number of aliphatic hydroxyl groups excluding tert-OH is 1. The first-order valence-corrected chi connectivity index (χ1v) is 16.5. The lowest BCUT2D eigenvalue weighted by Crippen LogP contribution is -2.53. The van der Waals surface area contributed by atoms with Crippen molar-refractivity contribution in [1.82, 2.24) is 9.88 Å². The van der Waals surface area contributed by atoms with Crippen LogP contribution < -0.4 is 19.5 Å². The molecule has 3 aromatic carbocycles. The van der Waals surface area contributed by atoms with Crippen LogP contribution in [0.5, 0.6) is 28.1 Å². The zero-order chi connectivity index (χ0) is 32.1. The number of thiazole rings is 1. The minimum Gasteiger partial charge on any atom is -0.488 e. The van der Waals surface area contributed by atoms with Crippen LogP contribution in [0.3, 0.4) is 0 Å². The molecule has 0 saturated carbocycles. The summed E-state index contributed by atoms with van der Waals surface area (Å²) in [5, 5.41) is 12.9. The number of benzene rings is 3. The summed E-state index contributed by atoms with van der Waals surface area (Å²) in [6.07, 6.45) is 1.77. The molecule has 2 amide bonds. The number of likely N-dealkylation sites (tertiary alicyclic amines) is 1. The molecule has 1 fully saturated rings. The van der Waals surface area contributed by atoms with E-state index in [1.165, 1.54) is 36.5 Å². The van der Waals surface area contributed by atoms with Gasteiger partial charge in [0.05, 0.1) is 23.8 Å². The average Bonchev–Trinajstić information content (AvgIpc) is 3.41. The van der Waals surface area contributed by atoms with Crippen molar-refractivity contribution >= 4 is 38.1 Å². The van der Waals surface area contributed by atoms with Crippen molar-refractivity contribution in [3.8, 4) is 28.1 Å². The number of methoxy groups -OCH3 is 1. The van der Waals surface area contributed by atoms with Gasteiger partial charge in [-0.25, -0.2) is 13.4 Å². The second-order valence-corrected chi connectivity index (χ2v) is 13.4. The molecule has 45 heavy (non-hydrogen) atoms. The Hall–Kier alpha value is -4.50. The highest BCUT2D eigenvalue weighted by molar-refractivity contribution is 7.90. The molecule has 0 spiro atoms. The fourth-order valence-corrected chi connectivity index (χ4v) is 5.68. The first-order chi connectivity index (χ1) is 21.5. The number of carbonyl (C=O) groups is 2. The normalized spacial score (nSPS) is 13.9. The average molecular weight is 654 g/mol. The SMILES string of the molecule is COC[C@H](C)Oc1cc(Oc2ccc(S(C)(=O)=O)cc2)cc(C(=O)Nc2ncc(Oc3cccc(C(=O)N4CC(O)C4)c3)s2)c1. The van der Waals surface area contributed by atoms with E-state index in [9.17, 15) is 23.1 Å². The van der Waals surface area contributed by atoms with Gasteiger partial charge in [-0.05, 0) is 61.5 Å². The highest BCUT2D eigenvalue weighted by Crippen LogP contribution is 2.33. The molecule has 0 bridgehead atoms. The van der Waals surface area contributed by atoms with Crippen molar-refractivity contribution in [1.29, 1.82) is 0 Å². The summed E-state index contributed by atoms with van der Waals surface area (Å²) in [4.78, 5) is 31.8. The molecular weight excluding hydrogens is 622 g/mol. The van der Waals surface area contributed by atoms with E-state index in [0.29, 0.717) is 53.3 Å².